The number of carbonyl (C=O) groups is 1. The molecule has 2 aromatic rings. The summed E-state index contributed by atoms with van der Waals surface area (Å²) in [6.45, 7) is 0. The lowest BCUT2D eigenvalue weighted by Crippen LogP contribution is -2.22. The van der Waals surface area contributed by atoms with Crippen LogP contribution in [0.15, 0.2) is 58.5 Å². The molecule has 1 aliphatic rings. The second-order valence-electron chi connectivity index (χ2n) is 4.88. The van der Waals surface area contributed by atoms with Crippen molar-refractivity contribution in [1.82, 2.24) is 5.01 Å². The number of hydrazone groups is 1. The molecule has 0 aromatic heterocycles. The SMILES string of the molecule is O=C1/C(=C\c2ccc(O)cc2)SC(=S)N1/N=C/c1ccc(F)cc1. The summed E-state index contributed by atoms with van der Waals surface area (Å²) in [4.78, 5) is 12.8. The molecule has 0 atom stereocenters. The minimum atomic E-state index is -0.338. The summed E-state index contributed by atoms with van der Waals surface area (Å²) in [5, 5.41) is 14.5. The van der Waals surface area contributed by atoms with Crippen molar-refractivity contribution < 1.29 is 14.3 Å². The number of amides is 1. The van der Waals surface area contributed by atoms with Crippen LogP contribution in [0.25, 0.3) is 6.08 Å². The Balaban J connectivity index is 1.78. The highest BCUT2D eigenvalue weighted by Gasteiger charge is 2.31. The molecule has 24 heavy (non-hydrogen) atoms. The van der Waals surface area contributed by atoms with Gasteiger partial charge < -0.3 is 5.11 Å². The molecule has 4 nitrogen and oxygen atoms in total. The number of phenols is 1. The van der Waals surface area contributed by atoms with E-state index in [1.165, 1.54) is 18.3 Å². The van der Waals surface area contributed by atoms with E-state index in [1.54, 1.807) is 42.5 Å². The molecule has 7 heteroatoms. The van der Waals surface area contributed by atoms with Crippen molar-refractivity contribution in [2.75, 3.05) is 0 Å². The average molecular weight is 358 g/mol. The van der Waals surface area contributed by atoms with E-state index in [0.29, 0.717) is 14.8 Å². The molecular weight excluding hydrogens is 347 g/mol. The summed E-state index contributed by atoms with van der Waals surface area (Å²) in [5.41, 5.74) is 1.43. The predicted molar refractivity (Wildman–Crippen MR) is 97.1 cm³/mol. The molecule has 1 fully saturated rings. The second kappa shape index (κ2) is 6.94. The van der Waals surface area contributed by atoms with Crippen LogP contribution in [-0.2, 0) is 4.79 Å². The lowest BCUT2D eigenvalue weighted by Gasteiger charge is -2.05. The fourth-order valence-corrected chi connectivity index (χ4v) is 3.13. The van der Waals surface area contributed by atoms with Gasteiger partial charge in [-0.2, -0.15) is 10.1 Å². The van der Waals surface area contributed by atoms with Gasteiger partial charge in [-0.15, -0.1) is 0 Å². The van der Waals surface area contributed by atoms with Crippen LogP contribution >= 0.6 is 24.0 Å². The Morgan fingerprint density at radius 2 is 1.71 bits per heavy atom. The largest absolute Gasteiger partial charge is 0.508 e. The summed E-state index contributed by atoms with van der Waals surface area (Å²) in [6.07, 6.45) is 3.14. The Labute approximate surface area is 147 Å². The van der Waals surface area contributed by atoms with E-state index in [1.807, 2.05) is 0 Å². The van der Waals surface area contributed by atoms with Gasteiger partial charge in [0, 0.05) is 0 Å². The minimum absolute atomic E-state index is 0.156. The summed E-state index contributed by atoms with van der Waals surface area (Å²) < 4.78 is 13.2. The fraction of sp³-hybridized carbons (Fsp3) is 0. The first-order valence-corrected chi connectivity index (χ1v) is 8.12. The van der Waals surface area contributed by atoms with Gasteiger partial charge >= 0.3 is 0 Å². The van der Waals surface area contributed by atoms with Crippen LogP contribution < -0.4 is 0 Å². The highest BCUT2D eigenvalue weighted by molar-refractivity contribution is 8.26. The molecule has 0 unspecified atom stereocenters. The maximum Gasteiger partial charge on any atom is 0.286 e. The highest BCUT2D eigenvalue weighted by atomic mass is 32.2. The van der Waals surface area contributed by atoms with Crippen LogP contribution in [0, 0.1) is 5.82 Å². The zero-order valence-electron chi connectivity index (χ0n) is 12.2. The van der Waals surface area contributed by atoms with Crippen molar-refractivity contribution in [3.8, 4) is 5.75 Å². The molecule has 1 saturated heterocycles. The molecule has 1 amide bonds. The number of aromatic hydroxyl groups is 1. The van der Waals surface area contributed by atoms with Gasteiger partial charge in [0.2, 0.25) is 0 Å². The molecule has 3 rings (SSSR count). The van der Waals surface area contributed by atoms with Crippen molar-refractivity contribution in [1.29, 1.82) is 0 Å². The van der Waals surface area contributed by atoms with Gasteiger partial charge in [-0.25, -0.2) is 4.39 Å². The van der Waals surface area contributed by atoms with E-state index in [4.69, 9.17) is 12.2 Å². The van der Waals surface area contributed by atoms with E-state index in [2.05, 4.69) is 5.10 Å². The van der Waals surface area contributed by atoms with Crippen LogP contribution in [0.5, 0.6) is 5.75 Å². The van der Waals surface area contributed by atoms with Gasteiger partial charge in [0.25, 0.3) is 5.91 Å². The van der Waals surface area contributed by atoms with Crippen molar-refractivity contribution in [2.45, 2.75) is 0 Å². The fourth-order valence-electron chi connectivity index (χ4n) is 1.95. The Morgan fingerprint density at radius 3 is 2.38 bits per heavy atom. The summed E-state index contributed by atoms with van der Waals surface area (Å²) in [7, 11) is 0. The molecule has 1 heterocycles. The van der Waals surface area contributed by atoms with E-state index in [-0.39, 0.29) is 17.5 Å². The molecule has 0 spiro atoms. The van der Waals surface area contributed by atoms with Gasteiger partial charge in [0.05, 0.1) is 11.1 Å². The number of hydrogen-bond donors (Lipinski definition) is 1. The molecular formula is C17H11FN2O2S2. The average Bonchev–Trinajstić information content (AvgIpc) is 2.83. The number of thioether (sulfide) groups is 1. The monoisotopic (exact) mass is 358 g/mol. The van der Waals surface area contributed by atoms with Crippen LogP contribution in [0.3, 0.4) is 0 Å². The standard InChI is InChI=1S/C17H11FN2O2S2/c18-13-5-1-12(2-6-13)10-19-20-16(22)15(24-17(20)23)9-11-3-7-14(21)8-4-11/h1-10,21H/b15-9+,19-10+. The Morgan fingerprint density at radius 1 is 1.08 bits per heavy atom. The van der Waals surface area contributed by atoms with Gasteiger partial charge in [0.1, 0.15) is 11.6 Å². The molecule has 0 aliphatic carbocycles. The van der Waals surface area contributed by atoms with Crippen molar-refractivity contribution in [2.24, 2.45) is 5.10 Å². The summed E-state index contributed by atoms with van der Waals surface area (Å²) in [6, 6.07) is 12.2. The van der Waals surface area contributed by atoms with Crippen LogP contribution in [0.1, 0.15) is 11.1 Å². The molecule has 0 radical (unpaired) electrons. The van der Waals surface area contributed by atoms with Crippen LogP contribution in [0.2, 0.25) is 0 Å². The Bertz CT molecular complexity index is 846. The topological polar surface area (TPSA) is 52.9 Å². The first-order valence-electron chi connectivity index (χ1n) is 6.89. The first-order chi connectivity index (χ1) is 11.5. The third-order valence-corrected chi connectivity index (χ3v) is 4.44. The number of hydrogen-bond acceptors (Lipinski definition) is 5. The predicted octanol–water partition coefficient (Wildman–Crippen LogP) is 3.77. The number of benzene rings is 2. The molecule has 120 valence electrons. The van der Waals surface area contributed by atoms with Crippen molar-refractivity contribution >= 4 is 46.5 Å². The number of rotatable bonds is 3. The first kappa shape index (κ1) is 16.4. The number of halogens is 1. The quantitative estimate of drug-likeness (QED) is 0.516. The molecule has 1 N–H and O–H groups in total. The van der Waals surface area contributed by atoms with Crippen molar-refractivity contribution in [3.05, 3.63) is 70.4 Å². The highest BCUT2D eigenvalue weighted by Crippen LogP contribution is 2.32. The van der Waals surface area contributed by atoms with E-state index < -0.39 is 0 Å². The number of carbonyl (C=O) groups excluding carboxylic acids is 1. The zero-order valence-corrected chi connectivity index (χ0v) is 13.9. The second-order valence-corrected chi connectivity index (χ2v) is 6.56. The van der Waals surface area contributed by atoms with Gasteiger partial charge in [-0.1, -0.05) is 36.0 Å². The smallest absolute Gasteiger partial charge is 0.286 e. The minimum Gasteiger partial charge on any atom is -0.508 e. The maximum absolute atomic E-state index is 12.9. The van der Waals surface area contributed by atoms with Crippen LogP contribution in [0.4, 0.5) is 4.39 Å². The maximum atomic E-state index is 12.9. The lowest BCUT2D eigenvalue weighted by molar-refractivity contribution is -0.122. The van der Waals surface area contributed by atoms with Gasteiger partial charge in [-0.3, -0.25) is 4.79 Å². The van der Waals surface area contributed by atoms with Gasteiger partial charge in [0.15, 0.2) is 4.32 Å². The number of nitrogens with zero attached hydrogens (tertiary/aromatic N) is 2. The summed E-state index contributed by atoms with van der Waals surface area (Å²) >= 11 is 6.33. The van der Waals surface area contributed by atoms with Gasteiger partial charge in [-0.05, 0) is 53.7 Å². The summed E-state index contributed by atoms with van der Waals surface area (Å²) in [5.74, 6) is -0.505. The van der Waals surface area contributed by atoms with E-state index in [0.717, 1.165) is 22.3 Å². The Kier molecular flexibility index (Phi) is 4.73. The normalized spacial score (nSPS) is 16.5. The third-order valence-electron chi connectivity index (χ3n) is 3.16. The third kappa shape index (κ3) is 3.69. The Hall–Kier alpha value is -2.51. The zero-order chi connectivity index (χ0) is 17.1. The van der Waals surface area contributed by atoms with Crippen molar-refractivity contribution in [3.63, 3.8) is 0 Å². The molecule has 1 aliphatic heterocycles. The molecule has 0 saturated carbocycles. The number of phenolic OH excluding ortho intramolecular Hbond substituents is 1. The lowest BCUT2D eigenvalue weighted by atomic mass is 10.2. The van der Waals surface area contributed by atoms with Crippen LogP contribution in [-0.4, -0.2) is 26.6 Å². The number of thiocarbonyl (C=S) groups is 1. The van der Waals surface area contributed by atoms with E-state index >= 15 is 0 Å². The molecule has 0 bridgehead atoms. The van der Waals surface area contributed by atoms with E-state index in [9.17, 15) is 14.3 Å². The molecule has 2 aromatic carbocycles.